The Labute approximate surface area is 149 Å². The molecule has 0 aliphatic carbocycles. The quantitative estimate of drug-likeness (QED) is 0.660. The van der Waals surface area contributed by atoms with Gasteiger partial charge in [-0.15, -0.1) is 0 Å². The fourth-order valence-electron chi connectivity index (χ4n) is 2.40. The van der Waals surface area contributed by atoms with Gasteiger partial charge >= 0.3 is 0 Å². The maximum absolute atomic E-state index is 12.1. The molecule has 1 aromatic heterocycles. The molecule has 2 aromatic rings. The van der Waals surface area contributed by atoms with Gasteiger partial charge in [0.25, 0.3) is 0 Å². The van der Waals surface area contributed by atoms with Gasteiger partial charge in [-0.05, 0) is 38.8 Å². The Morgan fingerprint density at radius 3 is 2.60 bits per heavy atom. The lowest BCUT2D eigenvalue weighted by Crippen LogP contribution is -2.17. The lowest BCUT2D eigenvalue weighted by atomic mass is 10.2. The van der Waals surface area contributed by atoms with Crippen LogP contribution in [-0.2, 0) is 4.79 Å². The number of nitrogens with one attached hydrogen (secondary N) is 1. The molecule has 6 heteroatoms. The minimum Gasteiger partial charge on any atom is -0.490 e. The first-order chi connectivity index (χ1) is 12.2. The summed E-state index contributed by atoms with van der Waals surface area (Å²) < 4.78 is 13.1. The van der Waals surface area contributed by atoms with Crippen molar-refractivity contribution < 1.29 is 14.3 Å². The van der Waals surface area contributed by atoms with Gasteiger partial charge in [0.05, 0.1) is 25.5 Å². The minimum atomic E-state index is -0.0354. The van der Waals surface area contributed by atoms with Crippen LogP contribution in [0.3, 0.4) is 0 Å². The Bertz CT molecular complexity index is 669. The number of aromatic nitrogens is 2. The lowest BCUT2D eigenvalue weighted by molar-refractivity contribution is -0.116. The molecule has 6 nitrogen and oxygen atoms in total. The third kappa shape index (κ3) is 5.52. The Morgan fingerprint density at radius 1 is 1.20 bits per heavy atom. The van der Waals surface area contributed by atoms with Crippen molar-refractivity contribution in [2.75, 3.05) is 18.5 Å². The molecule has 0 bridgehead atoms. The molecule has 0 radical (unpaired) electrons. The van der Waals surface area contributed by atoms with Gasteiger partial charge in [0, 0.05) is 12.5 Å². The molecular formula is C19H27N3O3. The normalized spacial score (nSPS) is 11.8. The van der Waals surface area contributed by atoms with Crippen molar-refractivity contribution in [3.63, 3.8) is 0 Å². The summed E-state index contributed by atoms with van der Waals surface area (Å²) in [6.45, 7) is 7.15. The number of rotatable bonds is 10. The van der Waals surface area contributed by atoms with Crippen LogP contribution < -0.4 is 14.8 Å². The van der Waals surface area contributed by atoms with Crippen molar-refractivity contribution >= 4 is 11.7 Å². The number of carbonyl (C=O) groups excluding carboxylic acids is 1. The van der Waals surface area contributed by atoms with Crippen LogP contribution in [0.15, 0.2) is 36.5 Å². The first-order valence-corrected chi connectivity index (χ1v) is 8.83. The molecule has 0 aliphatic rings. The van der Waals surface area contributed by atoms with E-state index >= 15 is 0 Å². The molecule has 1 unspecified atom stereocenters. The topological polar surface area (TPSA) is 65.4 Å². The molecule has 25 heavy (non-hydrogen) atoms. The van der Waals surface area contributed by atoms with Gasteiger partial charge < -0.3 is 14.8 Å². The van der Waals surface area contributed by atoms with E-state index < -0.39 is 0 Å². The number of hydrogen-bond donors (Lipinski definition) is 1. The summed E-state index contributed by atoms with van der Waals surface area (Å²) in [5.41, 5.74) is 0. The monoisotopic (exact) mass is 345 g/mol. The summed E-state index contributed by atoms with van der Waals surface area (Å²) in [6.07, 6.45) is 3.68. The van der Waals surface area contributed by atoms with E-state index in [-0.39, 0.29) is 11.9 Å². The molecule has 1 aromatic carbocycles. The molecule has 1 atom stereocenters. The van der Waals surface area contributed by atoms with E-state index in [4.69, 9.17) is 9.47 Å². The first-order valence-electron chi connectivity index (χ1n) is 8.83. The van der Waals surface area contributed by atoms with Gasteiger partial charge in [0.1, 0.15) is 5.82 Å². The third-order valence-electron chi connectivity index (χ3n) is 3.90. The summed E-state index contributed by atoms with van der Waals surface area (Å²) >= 11 is 0. The van der Waals surface area contributed by atoms with Crippen LogP contribution in [0.25, 0.3) is 0 Å². The van der Waals surface area contributed by atoms with E-state index in [0.717, 1.165) is 18.0 Å². The Morgan fingerprint density at radius 2 is 1.92 bits per heavy atom. The van der Waals surface area contributed by atoms with Crippen molar-refractivity contribution in [1.82, 2.24) is 9.78 Å². The summed E-state index contributed by atoms with van der Waals surface area (Å²) in [6, 6.07) is 9.63. The van der Waals surface area contributed by atoms with E-state index in [1.54, 1.807) is 6.20 Å². The predicted octanol–water partition coefficient (Wildman–Crippen LogP) is 4.05. The van der Waals surface area contributed by atoms with Crippen LogP contribution in [0.2, 0.25) is 0 Å². The maximum Gasteiger partial charge on any atom is 0.225 e. The van der Waals surface area contributed by atoms with Gasteiger partial charge in [-0.25, -0.2) is 4.68 Å². The van der Waals surface area contributed by atoms with Crippen molar-refractivity contribution in [3.8, 4) is 11.5 Å². The minimum absolute atomic E-state index is 0.0354. The van der Waals surface area contributed by atoms with Gasteiger partial charge in [0.15, 0.2) is 11.5 Å². The second kappa shape index (κ2) is 9.71. The van der Waals surface area contributed by atoms with Crippen LogP contribution in [-0.4, -0.2) is 28.9 Å². The number of carbonyl (C=O) groups is 1. The number of benzene rings is 1. The van der Waals surface area contributed by atoms with Crippen LogP contribution in [0, 0.1) is 0 Å². The highest BCUT2D eigenvalue weighted by Gasteiger charge is 2.11. The molecule has 2 rings (SSSR count). The van der Waals surface area contributed by atoms with Crippen molar-refractivity contribution in [1.29, 1.82) is 0 Å². The first kappa shape index (κ1) is 18.8. The third-order valence-corrected chi connectivity index (χ3v) is 3.90. The van der Waals surface area contributed by atoms with Gasteiger partial charge in [-0.3, -0.25) is 4.79 Å². The number of anilines is 1. The fraction of sp³-hybridized carbons (Fsp3) is 0.474. The van der Waals surface area contributed by atoms with Crippen LogP contribution in [0.5, 0.6) is 11.5 Å². The Kier molecular flexibility index (Phi) is 7.32. The van der Waals surface area contributed by atoms with Crippen molar-refractivity contribution in [3.05, 3.63) is 36.5 Å². The number of ether oxygens (including phenoxy) is 2. The van der Waals surface area contributed by atoms with E-state index in [1.807, 2.05) is 41.9 Å². The molecular weight excluding hydrogens is 318 g/mol. The number of para-hydroxylation sites is 2. The molecule has 0 aliphatic heterocycles. The average molecular weight is 345 g/mol. The van der Waals surface area contributed by atoms with Crippen LogP contribution in [0.1, 0.15) is 46.1 Å². The van der Waals surface area contributed by atoms with Crippen molar-refractivity contribution in [2.24, 2.45) is 0 Å². The number of amides is 1. The molecule has 1 amide bonds. The molecule has 0 saturated carbocycles. The summed E-state index contributed by atoms with van der Waals surface area (Å²) in [4.78, 5) is 12.1. The average Bonchev–Trinajstić information content (AvgIpc) is 3.07. The highest BCUT2D eigenvalue weighted by Crippen LogP contribution is 2.26. The zero-order valence-corrected chi connectivity index (χ0v) is 15.2. The Balaban J connectivity index is 1.77. The highest BCUT2D eigenvalue weighted by atomic mass is 16.5. The molecule has 1 heterocycles. The van der Waals surface area contributed by atoms with E-state index in [0.29, 0.717) is 31.8 Å². The molecule has 1 N–H and O–H groups in total. The molecule has 0 saturated heterocycles. The Hall–Kier alpha value is -2.50. The van der Waals surface area contributed by atoms with E-state index in [1.165, 1.54) is 0 Å². The number of nitrogens with zero attached hydrogens (tertiary/aromatic N) is 2. The SMILES string of the molecule is CCOc1ccccc1OCCCC(=O)Nc1ccnn1C(C)CC. The van der Waals surface area contributed by atoms with Gasteiger partial charge in [0.2, 0.25) is 5.91 Å². The maximum atomic E-state index is 12.1. The second-order valence-corrected chi connectivity index (χ2v) is 5.80. The van der Waals surface area contributed by atoms with Crippen molar-refractivity contribution in [2.45, 2.75) is 46.1 Å². The smallest absolute Gasteiger partial charge is 0.225 e. The van der Waals surface area contributed by atoms with Crippen LogP contribution in [0.4, 0.5) is 5.82 Å². The van der Waals surface area contributed by atoms with Gasteiger partial charge in [-0.2, -0.15) is 5.10 Å². The summed E-state index contributed by atoms with van der Waals surface area (Å²) in [7, 11) is 0. The largest absolute Gasteiger partial charge is 0.490 e. The van der Waals surface area contributed by atoms with Gasteiger partial charge in [-0.1, -0.05) is 19.1 Å². The lowest BCUT2D eigenvalue weighted by Gasteiger charge is -2.14. The zero-order valence-electron chi connectivity index (χ0n) is 15.2. The standard InChI is InChI=1S/C19H27N3O3/c1-4-15(3)22-18(12-13-20-22)21-19(23)11-8-14-25-17-10-7-6-9-16(17)24-5-2/h6-7,9-10,12-13,15H,4-5,8,11,14H2,1-3H3,(H,21,23). The molecule has 136 valence electrons. The summed E-state index contributed by atoms with van der Waals surface area (Å²) in [5.74, 6) is 2.14. The fourth-order valence-corrected chi connectivity index (χ4v) is 2.40. The molecule has 0 spiro atoms. The summed E-state index contributed by atoms with van der Waals surface area (Å²) in [5, 5.41) is 7.18. The molecule has 0 fully saturated rings. The van der Waals surface area contributed by atoms with Crippen LogP contribution >= 0.6 is 0 Å². The zero-order chi connectivity index (χ0) is 18.1. The van der Waals surface area contributed by atoms with E-state index in [2.05, 4.69) is 24.3 Å². The number of hydrogen-bond acceptors (Lipinski definition) is 4. The predicted molar refractivity (Wildman–Crippen MR) is 98.2 cm³/mol. The second-order valence-electron chi connectivity index (χ2n) is 5.80. The van der Waals surface area contributed by atoms with E-state index in [9.17, 15) is 4.79 Å². The highest BCUT2D eigenvalue weighted by molar-refractivity contribution is 5.89.